The van der Waals surface area contributed by atoms with Gasteiger partial charge < -0.3 is 15.2 Å². The SMILES string of the molecule is NCCCN1CCC2(CC1)c1ccccc1[S+]([O-])c1ccccc12. The third-order valence-corrected chi connectivity index (χ3v) is 7.10. The highest BCUT2D eigenvalue weighted by Gasteiger charge is 2.47. The van der Waals surface area contributed by atoms with Crippen LogP contribution in [0.5, 0.6) is 0 Å². The van der Waals surface area contributed by atoms with Crippen molar-refractivity contribution in [3.63, 3.8) is 0 Å². The molecule has 1 spiro atoms. The predicted octanol–water partition coefficient (Wildman–Crippen LogP) is 2.90. The average Bonchev–Trinajstić information content (AvgIpc) is 2.66. The molecule has 126 valence electrons. The van der Waals surface area contributed by atoms with E-state index >= 15 is 0 Å². The molecule has 2 aliphatic rings. The largest absolute Gasteiger partial charge is 0.606 e. The van der Waals surface area contributed by atoms with Gasteiger partial charge in [-0.25, -0.2) is 0 Å². The molecule has 0 radical (unpaired) electrons. The van der Waals surface area contributed by atoms with E-state index in [1.807, 2.05) is 24.3 Å². The third-order valence-electron chi connectivity index (χ3n) is 5.59. The molecule has 2 aliphatic heterocycles. The fourth-order valence-electron chi connectivity index (χ4n) is 4.32. The predicted molar refractivity (Wildman–Crippen MR) is 97.7 cm³/mol. The summed E-state index contributed by atoms with van der Waals surface area (Å²) < 4.78 is 13.0. The molecule has 3 nitrogen and oxygen atoms in total. The summed E-state index contributed by atoms with van der Waals surface area (Å²) in [5.74, 6) is 0. The van der Waals surface area contributed by atoms with Crippen LogP contribution in [0.1, 0.15) is 30.4 Å². The van der Waals surface area contributed by atoms with Crippen LogP contribution in [-0.4, -0.2) is 35.6 Å². The molecule has 2 aromatic rings. The maximum atomic E-state index is 13.0. The minimum Gasteiger partial charge on any atom is -0.606 e. The summed E-state index contributed by atoms with van der Waals surface area (Å²) in [4.78, 5) is 4.53. The van der Waals surface area contributed by atoms with E-state index in [4.69, 9.17) is 5.73 Å². The first-order valence-electron chi connectivity index (χ1n) is 8.79. The smallest absolute Gasteiger partial charge is 0.162 e. The van der Waals surface area contributed by atoms with Crippen molar-refractivity contribution < 1.29 is 4.55 Å². The van der Waals surface area contributed by atoms with Crippen LogP contribution in [0.25, 0.3) is 0 Å². The summed E-state index contributed by atoms with van der Waals surface area (Å²) in [5.41, 5.74) is 8.23. The third kappa shape index (κ3) is 2.49. The first-order chi connectivity index (χ1) is 11.8. The lowest BCUT2D eigenvalue weighted by Crippen LogP contribution is -2.46. The maximum absolute atomic E-state index is 13.0. The number of rotatable bonds is 3. The molecule has 2 N–H and O–H groups in total. The molecular formula is C20H24N2OS. The van der Waals surface area contributed by atoms with Crippen molar-refractivity contribution in [3.05, 3.63) is 59.7 Å². The van der Waals surface area contributed by atoms with Gasteiger partial charge in [-0.15, -0.1) is 0 Å². The van der Waals surface area contributed by atoms with E-state index in [9.17, 15) is 4.55 Å². The Morgan fingerprint density at radius 1 is 0.958 bits per heavy atom. The molecule has 0 aliphatic carbocycles. The molecule has 2 aromatic carbocycles. The number of nitrogens with zero attached hydrogens (tertiary/aromatic N) is 1. The topological polar surface area (TPSA) is 52.3 Å². The lowest BCUT2D eigenvalue weighted by molar-refractivity contribution is 0.174. The first-order valence-corrected chi connectivity index (χ1v) is 9.94. The molecule has 1 fully saturated rings. The minimum atomic E-state index is -1.06. The number of benzene rings is 2. The van der Waals surface area contributed by atoms with Gasteiger partial charge in [-0.2, -0.15) is 0 Å². The Hall–Kier alpha value is -1.33. The normalized spacial score (nSPS) is 19.9. The molecule has 0 aromatic heterocycles. The van der Waals surface area contributed by atoms with Crippen molar-refractivity contribution in [2.24, 2.45) is 5.73 Å². The highest BCUT2D eigenvalue weighted by molar-refractivity contribution is 7.91. The summed E-state index contributed by atoms with van der Waals surface area (Å²) in [7, 11) is 0. The van der Waals surface area contributed by atoms with Gasteiger partial charge in [0.15, 0.2) is 9.79 Å². The zero-order valence-corrected chi connectivity index (χ0v) is 14.7. The number of likely N-dealkylation sites (tertiary alicyclic amines) is 1. The van der Waals surface area contributed by atoms with Gasteiger partial charge in [0.2, 0.25) is 0 Å². The molecule has 0 bridgehead atoms. The van der Waals surface area contributed by atoms with Crippen molar-refractivity contribution >= 4 is 11.2 Å². The Kier molecular flexibility index (Phi) is 4.39. The highest BCUT2D eigenvalue weighted by atomic mass is 32.2. The Balaban J connectivity index is 1.75. The van der Waals surface area contributed by atoms with Crippen LogP contribution < -0.4 is 5.73 Å². The van der Waals surface area contributed by atoms with Crippen LogP contribution in [0.4, 0.5) is 0 Å². The average molecular weight is 340 g/mol. The molecule has 1 saturated heterocycles. The van der Waals surface area contributed by atoms with Crippen molar-refractivity contribution in [2.75, 3.05) is 26.2 Å². The van der Waals surface area contributed by atoms with E-state index in [0.717, 1.165) is 55.2 Å². The van der Waals surface area contributed by atoms with Gasteiger partial charge in [-0.3, -0.25) is 0 Å². The van der Waals surface area contributed by atoms with Crippen molar-refractivity contribution in [2.45, 2.75) is 34.5 Å². The van der Waals surface area contributed by atoms with E-state index < -0.39 is 11.2 Å². The quantitative estimate of drug-likeness (QED) is 0.874. The van der Waals surface area contributed by atoms with Crippen LogP contribution in [0.2, 0.25) is 0 Å². The van der Waals surface area contributed by atoms with Gasteiger partial charge in [-0.1, -0.05) is 36.4 Å². The van der Waals surface area contributed by atoms with Gasteiger partial charge in [0.05, 0.1) is 0 Å². The highest BCUT2D eigenvalue weighted by Crippen LogP contribution is 2.50. The van der Waals surface area contributed by atoms with Gasteiger partial charge in [0, 0.05) is 27.7 Å². The van der Waals surface area contributed by atoms with E-state index in [-0.39, 0.29) is 5.41 Å². The molecule has 4 heteroatoms. The van der Waals surface area contributed by atoms with Gasteiger partial charge in [-0.05, 0) is 57.6 Å². The Labute approximate surface area is 147 Å². The molecule has 24 heavy (non-hydrogen) atoms. The molecule has 4 rings (SSSR count). The Bertz CT molecular complexity index is 676. The summed E-state index contributed by atoms with van der Waals surface area (Å²) in [6.07, 6.45) is 3.23. The van der Waals surface area contributed by atoms with Crippen molar-refractivity contribution in [1.29, 1.82) is 0 Å². The monoisotopic (exact) mass is 340 g/mol. The Morgan fingerprint density at radius 2 is 1.50 bits per heavy atom. The number of nitrogens with two attached hydrogens (primary N) is 1. The Morgan fingerprint density at radius 3 is 2.04 bits per heavy atom. The number of hydrogen-bond donors (Lipinski definition) is 1. The van der Waals surface area contributed by atoms with Crippen molar-refractivity contribution in [3.8, 4) is 0 Å². The number of hydrogen-bond acceptors (Lipinski definition) is 3. The molecule has 0 atom stereocenters. The van der Waals surface area contributed by atoms with Crippen LogP contribution in [-0.2, 0) is 16.6 Å². The van der Waals surface area contributed by atoms with E-state index in [1.165, 1.54) is 11.1 Å². The van der Waals surface area contributed by atoms with Crippen LogP contribution >= 0.6 is 0 Å². The minimum absolute atomic E-state index is 0.0142. The fraction of sp³-hybridized carbons (Fsp3) is 0.400. The van der Waals surface area contributed by atoms with Crippen LogP contribution in [0, 0.1) is 0 Å². The molecule has 0 amide bonds. The summed E-state index contributed by atoms with van der Waals surface area (Å²) >= 11 is -1.06. The second-order valence-electron chi connectivity index (χ2n) is 6.83. The second-order valence-corrected chi connectivity index (χ2v) is 8.24. The lowest BCUT2D eigenvalue weighted by Gasteiger charge is -2.45. The molecule has 0 saturated carbocycles. The molecule has 0 unspecified atom stereocenters. The van der Waals surface area contributed by atoms with Gasteiger partial charge in [0.25, 0.3) is 0 Å². The van der Waals surface area contributed by atoms with E-state index in [1.54, 1.807) is 0 Å². The lowest BCUT2D eigenvalue weighted by atomic mass is 9.67. The number of piperidine rings is 1. The van der Waals surface area contributed by atoms with Gasteiger partial charge >= 0.3 is 0 Å². The summed E-state index contributed by atoms with van der Waals surface area (Å²) in [5, 5.41) is 0. The standard InChI is InChI=1S/C20H24N2OS/c21-12-5-13-22-14-10-20(11-15-22)16-6-1-3-8-18(16)24(23)19-9-4-2-7-17(19)20/h1-4,6-9H,5,10-15,21H2. The maximum Gasteiger partial charge on any atom is 0.162 e. The zero-order valence-electron chi connectivity index (χ0n) is 13.9. The van der Waals surface area contributed by atoms with Crippen molar-refractivity contribution in [1.82, 2.24) is 4.90 Å². The fourth-order valence-corrected chi connectivity index (χ4v) is 5.89. The molecular weight excluding hydrogens is 316 g/mol. The number of fused-ring (bicyclic) bond motifs is 4. The van der Waals surface area contributed by atoms with Crippen LogP contribution in [0.3, 0.4) is 0 Å². The van der Waals surface area contributed by atoms with Gasteiger partial charge in [0.1, 0.15) is 0 Å². The summed E-state index contributed by atoms with van der Waals surface area (Å²) in [6, 6.07) is 16.7. The molecule has 2 heterocycles. The van der Waals surface area contributed by atoms with E-state index in [2.05, 4.69) is 29.2 Å². The summed E-state index contributed by atoms with van der Waals surface area (Å²) in [6.45, 7) is 4.00. The van der Waals surface area contributed by atoms with Crippen LogP contribution in [0.15, 0.2) is 58.3 Å². The first kappa shape index (κ1) is 16.2. The van der Waals surface area contributed by atoms with E-state index in [0.29, 0.717) is 0 Å². The zero-order chi connectivity index (χ0) is 16.6. The second kappa shape index (κ2) is 6.52.